The number of hydrogen-bond donors (Lipinski definition) is 0. The Hall–Kier alpha value is -0.120. The minimum atomic E-state index is 0. The molecule has 3 heteroatoms. The lowest BCUT2D eigenvalue weighted by molar-refractivity contribution is 0.108. The van der Waals surface area contributed by atoms with Crippen LogP contribution in [-0.2, 0) is 14.2 Å². The van der Waals surface area contributed by atoms with E-state index in [2.05, 4.69) is 69.2 Å². The van der Waals surface area contributed by atoms with Crippen LogP contribution in [-0.4, -0.2) is 40.1 Å². The van der Waals surface area contributed by atoms with Crippen LogP contribution in [0.15, 0.2) is 0 Å². The van der Waals surface area contributed by atoms with Crippen LogP contribution in [0.25, 0.3) is 0 Å². The number of hydrogen-bond acceptors (Lipinski definition) is 3. The lowest BCUT2D eigenvalue weighted by Crippen LogP contribution is -2.03. The summed E-state index contributed by atoms with van der Waals surface area (Å²) in [4.78, 5) is 0. The van der Waals surface area contributed by atoms with E-state index in [9.17, 15) is 0 Å². The van der Waals surface area contributed by atoms with E-state index in [4.69, 9.17) is 14.2 Å². The fourth-order valence-corrected chi connectivity index (χ4v) is 2.36. The van der Waals surface area contributed by atoms with Gasteiger partial charge in [0.05, 0.1) is 12.2 Å². The first-order chi connectivity index (χ1) is 16.5. The van der Waals surface area contributed by atoms with Crippen molar-refractivity contribution in [2.75, 3.05) is 27.9 Å². The van der Waals surface area contributed by atoms with Gasteiger partial charge in [-0.1, -0.05) is 134 Å². The first kappa shape index (κ1) is 48.9. The lowest BCUT2D eigenvalue weighted by atomic mass is 10.0. The van der Waals surface area contributed by atoms with Gasteiger partial charge in [-0.25, -0.2) is 0 Å². The number of unbranched alkanes of at least 4 members (excludes halogenated alkanes) is 3. The Bertz CT molecular complexity index is 291. The maximum atomic E-state index is 5.13. The smallest absolute Gasteiger partial charge is 0.0543 e. The summed E-state index contributed by atoms with van der Waals surface area (Å²) in [6.45, 7) is 27.2. The van der Waals surface area contributed by atoms with Gasteiger partial charge in [0.2, 0.25) is 0 Å². The molecule has 0 aliphatic heterocycles. The van der Waals surface area contributed by atoms with Crippen LogP contribution in [0.3, 0.4) is 0 Å². The quantitative estimate of drug-likeness (QED) is 0.200. The zero-order valence-corrected chi connectivity index (χ0v) is 27.6. The molecular formula is C33H78O3. The number of methoxy groups -OCH3 is 3. The largest absolute Gasteiger partial charge is 0.384 e. The van der Waals surface area contributed by atoms with E-state index in [1.54, 1.807) is 21.3 Å². The van der Waals surface area contributed by atoms with E-state index >= 15 is 0 Å². The van der Waals surface area contributed by atoms with E-state index in [0.29, 0.717) is 12.2 Å². The molecule has 0 N–H and O–H groups in total. The third kappa shape index (κ3) is 64.2. The average molecular weight is 523 g/mol. The molecule has 228 valence electrons. The van der Waals surface area contributed by atoms with E-state index in [0.717, 1.165) is 24.4 Å². The third-order valence-electron chi connectivity index (χ3n) is 6.36. The molecule has 0 saturated heterocycles. The second-order valence-corrected chi connectivity index (χ2v) is 10.4. The second-order valence-electron chi connectivity index (χ2n) is 10.4. The molecule has 3 atom stereocenters. The van der Waals surface area contributed by atoms with Gasteiger partial charge in [0.1, 0.15) is 0 Å². The molecule has 0 fully saturated rings. The molecule has 0 spiro atoms. The molecule has 0 heterocycles. The second kappa shape index (κ2) is 44.8. The Balaban J connectivity index is -0.0000000792. The van der Waals surface area contributed by atoms with Crippen molar-refractivity contribution in [3.05, 3.63) is 0 Å². The van der Waals surface area contributed by atoms with Gasteiger partial charge < -0.3 is 14.2 Å². The molecule has 0 rings (SSSR count). The van der Waals surface area contributed by atoms with Crippen LogP contribution in [0.1, 0.15) is 161 Å². The Morgan fingerprint density at radius 3 is 1.14 bits per heavy atom. The van der Waals surface area contributed by atoms with Gasteiger partial charge >= 0.3 is 0 Å². The zero-order valence-electron chi connectivity index (χ0n) is 27.6. The van der Waals surface area contributed by atoms with Gasteiger partial charge in [0, 0.05) is 27.9 Å². The van der Waals surface area contributed by atoms with Crippen molar-refractivity contribution in [1.29, 1.82) is 0 Å². The van der Waals surface area contributed by atoms with Crippen molar-refractivity contribution in [2.45, 2.75) is 173 Å². The Labute approximate surface area is 233 Å². The SMILES string of the molecule is C.CCC(C)CC.CCC(C)COC.CCCC(C)CC.CCCCCCC(C)OC.COC(C)C. The summed E-state index contributed by atoms with van der Waals surface area (Å²) >= 11 is 0. The third-order valence-corrected chi connectivity index (χ3v) is 6.36. The van der Waals surface area contributed by atoms with Crippen LogP contribution in [0, 0.1) is 17.8 Å². The lowest BCUT2D eigenvalue weighted by Gasteiger charge is -2.07. The first-order valence-electron chi connectivity index (χ1n) is 15.0. The highest BCUT2D eigenvalue weighted by Gasteiger charge is 1.97. The average Bonchev–Trinajstić information content (AvgIpc) is 2.87. The van der Waals surface area contributed by atoms with E-state index in [-0.39, 0.29) is 7.43 Å². The van der Waals surface area contributed by atoms with Gasteiger partial charge in [-0.3, -0.25) is 0 Å². The van der Waals surface area contributed by atoms with Crippen LogP contribution < -0.4 is 0 Å². The van der Waals surface area contributed by atoms with Gasteiger partial charge in [-0.2, -0.15) is 0 Å². The highest BCUT2D eigenvalue weighted by atomic mass is 16.5. The normalized spacial score (nSPS) is 12.2. The molecule has 0 saturated carbocycles. The molecule has 0 aromatic heterocycles. The van der Waals surface area contributed by atoms with Crippen molar-refractivity contribution >= 4 is 0 Å². The van der Waals surface area contributed by atoms with Crippen molar-refractivity contribution in [1.82, 2.24) is 0 Å². The topological polar surface area (TPSA) is 27.7 Å². The van der Waals surface area contributed by atoms with Crippen molar-refractivity contribution in [3.8, 4) is 0 Å². The van der Waals surface area contributed by atoms with Gasteiger partial charge in [-0.05, 0) is 44.9 Å². The molecular weight excluding hydrogens is 444 g/mol. The highest BCUT2D eigenvalue weighted by Crippen LogP contribution is 2.07. The van der Waals surface area contributed by atoms with Gasteiger partial charge in [-0.15, -0.1) is 0 Å². The predicted octanol–water partition coefficient (Wildman–Crippen LogP) is 11.6. The fourth-order valence-electron chi connectivity index (χ4n) is 2.36. The van der Waals surface area contributed by atoms with Gasteiger partial charge in [0.15, 0.2) is 0 Å². The molecule has 0 bridgehead atoms. The predicted molar refractivity (Wildman–Crippen MR) is 170 cm³/mol. The fraction of sp³-hybridized carbons (Fsp3) is 1.00. The summed E-state index contributed by atoms with van der Waals surface area (Å²) in [6.07, 6.45) is 15.4. The maximum absolute atomic E-state index is 5.13. The molecule has 0 aliphatic carbocycles. The zero-order chi connectivity index (χ0) is 28.5. The summed E-state index contributed by atoms with van der Waals surface area (Å²) in [5.41, 5.74) is 0. The Morgan fingerprint density at radius 2 is 0.944 bits per heavy atom. The van der Waals surface area contributed by atoms with Crippen molar-refractivity contribution < 1.29 is 14.2 Å². The summed E-state index contributed by atoms with van der Waals surface area (Å²) in [7, 11) is 5.22. The monoisotopic (exact) mass is 523 g/mol. The molecule has 3 nitrogen and oxygen atoms in total. The minimum Gasteiger partial charge on any atom is -0.384 e. The van der Waals surface area contributed by atoms with Crippen LogP contribution in [0.5, 0.6) is 0 Å². The summed E-state index contributed by atoms with van der Waals surface area (Å²) in [6, 6.07) is 0. The minimum absolute atomic E-state index is 0. The molecule has 0 amide bonds. The number of ether oxygens (including phenoxy) is 3. The van der Waals surface area contributed by atoms with E-state index in [1.165, 1.54) is 70.6 Å². The van der Waals surface area contributed by atoms with Gasteiger partial charge in [0.25, 0.3) is 0 Å². The summed E-state index contributed by atoms with van der Waals surface area (Å²) in [5.74, 6) is 2.61. The Kier molecular flexibility index (Phi) is 60.9. The first-order valence-corrected chi connectivity index (χ1v) is 15.0. The molecule has 3 unspecified atom stereocenters. The van der Waals surface area contributed by atoms with Crippen molar-refractivity contribution in [3.63, 3.8) is 0 Å². The van der Waals surface area contributed by atoms with Crippen LogP contribution in [0.2, 0.25) is 0 Å². The highest BCUT2D eigenvalue weighted by molar-refractivity contribution is 4.49. The van der Waals surface area contributed by atoms with Crippen LogP contribution in [0.4, 0.5) is 0 Å². The standard InChI is InChI=1S/C9H20O.C7H16.C6H14O.C6H14.C4H10O.CH4/c1-4-5-6-7-8-9(2)10-3;1-4-6-7(3)5-2;1-4-6(2)5-7-3;1-4-6(3)5-2;1-4(2)5-3;/h9H,4-8H2,1-3H3;7H,4-6H2,1-3H3;6H,4-5H2,1-3H3;6H,4-5H2,1-3H3;4H,1-3H3;1H4. The molecule has 0 aromatic rings. The van der Waals surface area contributed by atoms with E-state index < -0.39 is 0 Å². The molecule has 0 aromatic carbocycles. The van der Waals surface area contributed by atoms with E-state index in [1.807, 2.05) is 13.8 Å². The summed E-state index contributed by atoms with van der Waals surface area (Å²) < 4.78 is 14.8. The Morgan fingerprint density at radius 1 is 0.500 bits per heavy atom. The molecule has 0 radical (unpaired) electrons. The summed E-state index contributed by atoms with van der Waals surface area (Å²) in [5, 5.41) is 0. The molecule has 0 aliphatic rings. The number of rotatable bonds is 15. The van der Waals surface area contributed by atoms with Crippen LogP contribution >= 0.6 is 0 Å². The maximum Gasteiger partial charge on any atom is 0.0543 e. The van der Waals surface area contributed by atoms with Crippen molar-refractivity contribution in [2.24, 2.45) is 17.8 Å². The molecule has 36 heavy (non-hydrogen) atoms.